The Labute approximate surface area is 124 Å². The highest BCUT2D eigenvalue weighted by Crippen LogP contribution is 2.39. The topological polar surface area (TPSA) is 32.7 Å². The van der Waals surface area contributed by atoms with E-state index in [2.05, 4.69) is 18.7 Å². The zero-order valence-electron chi connectivity index (χ0n) is 13.4. The number of nitrogens with zero attached hydrogens (tertiary/aromatic N) is 1. The molecule has 1 saturated heterocycles. The van der Waals surface area contributed by atoms with E-state index in [9.17, 15) is 5.11 Å². The molecule has 1 atom stereocenters. The van der Waals surface area contributed by atoms with Crippen LogP contribution in [0, 0.1) is 11.3 Å². The van der Waals surface area contributed by atoms with Gasteiger partial charge in [0.05, 0.1) is 6.10 Å². The first-order chi connectivity index (χ1) is 9.67. The van der Waals surface area contributed by atoms with E-state index in [0.29, 0.717) is 12.7 Å². The quantitative estimate of drug-likeness (QED) is 0.813. The number of hydrogen-bond acceptors (Lipinski definition) is 3. The second-order valence-corrected chi connectivity index (χ2v) is 7.21. The van der Waals surface area contributed by atoms with Crippen LogP contribution in [0.15, 0.2) is 0 Å². The molecule has 0 radical (unpaired) electrons. The zero-order chi connectivity index (χ0) is 14.4. The van der Waals surface area contributed by atoms with Crippen LogP contribution in [-0.4, -0.2) is 49.0 Å². The van der Waals surface area contributed by atoms with Gasteiger partial charge < -0.3 is 14.7 Å². The highest BCUT2D eigenvalue weighted by atomic mass is 16.5. The Bertz CT molecular complexity index is 274. The van der Waals surface area contributed by atoms with Gasteiger partial charge in [0.1, 0.15) is 0 Å². The second-order valence-electron chi connectivity index (χ2n) is 7.21. The summed E-state index contributed by atoms with van der Waals surface area (Å²) in [5.41, 5.74) is 0.166. The first-order valence-electron chi connectivity index (χ1n) is 8.62. The SMILES string of the molecule is CCCOC1CCCN(CC2(CO)CCC(C)CC2)C1. The molecular formula is C17H33NO2. The van der Waals surface area contributed by atoms with Gasteiger partial charge in [-0.15, -0.1) is 0 Å². The van der Waals surface area contributed by atoms with Gasteiger partial charge >= 0.3 is 0 Å². The fourth-order valence-electron chi connectivity index (χ4n) is 3.79. The van der Waals surface area contributed by atoms with Crippen LogP contribution < -0.4 is 0 Å². The lowest BCUT2D eigenvalue weighted by Gasteiger charge is -2.43. The molecule has 1 N–H and O–H groups in total. The molecule has 1 aliphatic heterocycles. The molecule has 0 aromatic rings. The van der Waals surface area contributed by atoms with Crippen molar-refractivity contribution in [3.63, 3.8) is 0 Å². The third-order valence-corrected chi connectivity index (χ3v) is 5.25. The standard InChI is InChI=1S/C17H33NO2/c1-3-11-20-16-5-4-10-18(12-16)13-17(14-19)8-6-15(2)7-9-17/h15-16,19H,3-14H2,1-2H3. The van der Waals surface area contributed by atoms with Gasteiger partial charge in [-0.05, 0) is 44.6 Å². The van der Waals surface area contributed by atoms with Gasteiger partial charge in [-0.3, -0.25) is 0 Å². The highest BCUT2D eigenvalue weighted by molar-refractivity contribution is 4.88. The number of rotatable bonds is 6. The zero-order valence-corrected chi connectivity index (χ0v) is 13.4. The van der Waals surface area contributed by atoms with E-state index in [1.807, 2.05) is 0 Å². The maximum atomic E-state index is 9.91. The van der Waals surface area contributed by atoms with Crippen molar-refractivity contribution >= 4 is 0 Å². The molecule has 2 rings (SSSR count). The molecule has 0 spiro atoms. The minimum atomic E-state index is 0.166. The summed E-state index contributed by atoms with van der Waals surface area (Å²) >= 11 is 0. The van der Waals surface area contributed by atoms with Crippen LogP contribution in [0.2, 0.25) is 0 Å². The molecule has 0 aromatic heterocycles. The van der Waals surface area contributed by atoms with Gasteiger partial charge in [0.25, 0.3) is 0 Å². The van der Waals surface area contributed by atoms with Crippen molar-refractivity contribution in [1.29, 1.82) is 0 Å². The molecule has 3 heteroatoms. The van der Waals surface area contributed by atoms with E-state index in [1.165, 1.54) is 45.1 Å². The third-order valence-electron chi connectivity index (χ3n) is 5.25. The summed E-state index contributed by atoms with van der Waals surface area (Å²) in [6.45, 7) is 9.09. The van der Waals surface area contributed by atoms with Crippen LogP contribution in [0.3, 0.4) is 0 Å². The number of piperidine rings is 1. The summed E-state index contributed by atoms with van der Waals surface area (Å²) in [5, 5.41) is 9.91. The molecule has 1 saturated carbocycles. The average molecular weight is 283 g/mol. The normalized spacial score (nSPS) is 36.1. The molecule has 1 unspecified atom stereocenters. The van der Waals surface area contributed by atoms with Crippen molar-refractivity contribution in [2.45, 2.75) is 64.9 Å². The molecular weight excluding hydrogens is 250 g/mol. The summed E-state index contributed by atoms with van der Waals surface area (Å²) < 4.78 is 5.93. The Kier molecular flexibility index (Phi) is 6.31. The lowest BCUT2D eigenvalue weighted by Crippen LogP contribution is -2.48. The molecule has 0 bridgehead atoms. The van der Waals surface area contributed by atoms with Gasteiger partial charge in [0.2, 0.25) is 0 Å². The number of hydrogen-bond donors (Lipinski definition) is 1. The van der Waals surface area contributed by atoms with E-state index in [1.54, 1.807) is 0 Å². The van der Waals surface area contributed by atoms with Crippen molar-refractivity contribution in [1.82, 2.24) is 4.90 Å². The third kappa shape index (κ3) is 4.44. The number of likely N-dealkylation sites (tertiary alicyclic amines) is 1. The molecule has 2 aliphatic rings. The van der Waals surface area contributed by atoms with E-state index in [4.69, 9.17) is 4.74 Å². The molecule has 0 aromatic carbocycles. The van der Waals surface area contributed by atoms with Crippen LogP contribution in [0.4, 0.5) is 0 Å². The summed E-state index contributed by atoms with van der Waals surface area (Å²) in [5.74, 6) is 0.844. The molecule has 1 heterocycles. The van der Waals surface area contributed by atoms with Gasteiger partial charge in [0.15, 0.2) is 0 Å². The first kappa shape index (κ1) is 16.3. The molecule has 3 nitrogen and oxygen atoms in total. The maximum absolute atomic E-state index is 9.91. The monoisotopic (exact) mass is 283 g/mol. The summed E-state index contributed by atoms with van der Waals surface area (Å²) in [4.78, 5) is 2.55. The molecule has 2 fully saturated rings. The van der Waals surface area contributed by atoms with Gasteiger partial charge in [-0.1, -0.05) is 26.7 Å². The minimum absolute atomic E-state index is 0.166. The Morgan fingerprint density at radius 1 is 1.25 bits per heavy atom. The Morgan fingerprint density at radius 3 is 2.65 bits per heavy atom. The number of ether oxygens (including phenoxy) is 1. The molecule has 118 valence electrons. The van der Waals surface area contributed by atoms with Crippen molar-refractivity contribution in [3.8, 4) is 0 Å². The van der Waals surface area contributed by atoms with Crippen LogP contribution >= 0.6 is 0 Å². The molecule has 1 aliphatic carbocycles. The van der Waals surface area contributed by atoms with E-state index in [-0.39, 0.29) is 5.41 Å². The predicted octanol–water partition coefficient (Wildman–Crippen LogP) is 3.07. The first-order valence-corrected chi connectivity index (χ1v) is 8.62. The largest absolute Gasteiger partial charge is 0.396 e. The fourth-order valence-corrected chi connectivity index (χ4v) is 3.79. The Hall–Kier alpha value is -0.120. The predicted molar refractivity (Wildman–Crippen MR) is 82.9 cm³/mol. The fraction of sp³-hybridized carbons (Fsp3) is 1.00. The lowest BCUT2D eigenvalue weighted by molar-refractivity contribution is -0.0297. The average Bonchev–Trinajstić information content (AvgIpc) is 2.48. The Morgan fingerprint density at radius 2 is 2.00 bits per heavy atom. The van der Waals surface area contributed by atoms with E-state index in [0.717, 1.165) is 32.0 Å². The Balaban J connectivity index is 1.84. The van der Waals surface area contributed by atoms with Crippen molar-refractivity contribution in [2.75, 3.05) is 32.8 Å². The summed E-state index contributed by atoms with van der Waals surface area (Å²) in [6, 6.07) is 0. The highest BCUT2D eigenvalue weighted by Gasteiger charge is 2.36. The maximum Gasteiger partial charge on any atom is 0.0702 e. The number of aliphatic hydroxyl groups is 1. The van der Waals surface area contributed by atoms with Crippen LogP contribution in [0.1, 0.15) is 58.8 Å². The smallest absolute Gasteiger partial charge is 0.0702 e. The summed E-state index contributed by atoms with van der Waals surface area (Å²) in [6.07, 6.45) is 8.93. The molecule has 20 heavy (non-hydrogen) atoms. The van der Waals surface area contributed by atoms with Crippen molar-refractivity contribution < 1.29 is 9.84 Å². The number of aliphatic hydroxyl groups excluding tert-OH is 1. The lowest BCUT2D eigenvalue weighted by atomic mass is 9.71. The van der Waals surface area contributed by atoms with Gasteiger partial charge in [-0.2, -0.15) is 0 Å². The van der Waals surface area contributed by atoms with E-state index >= 15 is 0 Å². The van der Waals surface area contributed by atoms with E-state index < -0.39 is 0 Å². The van der Waals surface area contributed by atoms with Gasteiger partial charge in [0, 0.05) is 31.7 Å². The van der Waals surface area contributed by atoms with Gasteiger partial charge in [-0.25, -0.2) is 0 Å². The van der Waals surface area contributed by atoms with Crippen molar-refractivity contribution in [2.24, 2.45) is 11.3 Å². The van der Waals surface area contributed by atoms with Crippen LogP contribution in [-0.2, 0) is 4.74 Å². The minimum Gasteiger partial charge on any atom is -0.396 e. The van der Waals surface area contributed by atoms with Crippen LogP contribution in [0.5, 0.6) is 0 Å². The van der Waals surface area contributed by atoms with Crippen molar-refractivity contribution in [3.05, 3.63) is 0 Å². The summed E-state index contributed by atoms with van der Waals surface area (Å²) in [7, 11) is 0. The van der Waals surface area contributed by atoms with Crippen LogP contribution in [0.25, 0.3) is 0 Å². The second kappa shape index (κ2) is 7.77. The molecule has 0 amide bonds.